The van der Waals surface area contributed by atoms with E-state index in [2.05, 4.69) is 22.8 Å². The van der Waals surface area contributed by atoms with Gasteiger partial charge in [0.25, 0.3) is 0 Å². The zero-order valence-electron chi connectivity index (χ0n) is 7.50. The summed E-state index contributed by atoms with van der Waals surface area (Å²) >= 11 is 0. The molecule has 0 aromatic rings. The molecule has 1 radical (unpaired) electrons. The number of nitrogens with zero attached hydrogens (tertiary/aromatic N) is 3. The molecule has 0 saturated carbocycles. The molecule has 0 spiro atoms. The lowest BCUT2D eigenvalue weighted by atomic mass is 10.3. The van der Waals surface area contributed by atoms with E-state index in [0.717, 1.165) is 39.1 Å². The van der Waals surface area contributed by atoms with Gasteiger partial charge in [-0.1, -0.05) is 6.92 Å². The molecule has 1 aliphatic heterocycles. The van der Waals surface area contributed by atoms with Crippen molar-refractivity contribution in [2.75, 3.05) is 39.3 Å². The summed E-state index contributed by atoms with van der Waals surface area (Å²) < 4.78 is 0. The molecule has 0 aliphatic carbocycles. The number of piperazine rings is 1. The summed E-state index contributed by atoms with van der Waals surface area (Å²) in [5.74, 6) is 0. The highest BCUT2D eigenvalue weighted by Gasteiger charge is 2.14. The summed E-state index contributed by atoms with van der Waals surface area (Å²) in [5.41, 5.74) is 0. The van der Waals surface area contributed by atoms with Gasteiger partial charge in [0.05, 0.1) is 12.6 Å². The van der Waals surface area contributed by atoms with E-state index in [4.69, 9.17) is 5.26 Å². The lowest BCUT2D eigenvalue weighted by Gasteiger charge is -2.32. The van der Waals surface area contributed by atoms with Gasteiger partial charge in [0, 0.05) is 26.2 Å². The lowest BCUT2D eigenvalue weighted by Crippen LogP contribution is -2.46. The van der Waals surface area contributed by atoms with Crippen molar-refractivity contribution in [1.82, 2.24) is 9.80 Å². The molecule has 1 heterocycles. The van der Waals surface area contributed by atoms with E-state index in [0.29, 0.717) is 6.54 Å². The molecule has 1 aliphatic rings. The van der Waals surface area contributed by atoms with Crippen LogP contribution in [0.2, 0.25) is 0 Å². The van der Waals surface area contributed by atoms with Crippen LogP contribution in [-0.2, 0) is 0 Å². The van der Waals surface area contributed by atoms with E-state index >= 15 is 0 Å². The average Bonchev–Trinajstić information content (AvgIpc) is 2.09. The van der Waals surface area contributed by atoms with E-state index in [-0.39, 0.29) is 0 Å². The van der Waals surface area contributed by atoms with Gasteiger partial charge in [-0.3, -0.25) is 4.90 Å². The Morgan fingerprint density at radius 2 is 1.75 bits per heavy atom. The minimum Gasteiger partial charge on any atom is -0.301 e. The van der Waals surface area contributed by atoms with Crippen LogP contribution < -0.4 is 0 Å². The molecular weight excluding hydrogens is 150 g/mol. The summed E-state index contributed by atoms with van der Waals surface area (Å²) in [4.78, 5) is 4.60. The zero-order chi connectivity index (χ0) is 8.81. The predicted octanol–water partition coefficient (Wildman–Crippen LogP) is 0.352. The van der Waals surface area contributed by atoms with Crippen LogP contribution >= 0.6 is 0 Å². The van der Waals surface area contributed by atoms with Gasteiger partial charge in [-0.25, -0.2) is 0 Å². The smallest absolute Gasteiger partial charge is 0.0866 e. The molecule has 0 N–H and O–H groups in total. The van der Waals surface area contributed by atoms with Gasteiger partial charge in [0.1, 0.15) is 0 Å². The first kappa shape index (κ1) is 9.50. The summed E-state index contributed by atoms with van der Waals surface area (Å²) in [5, 5.41) is 8.47. The minimum atomic E-state index is 0.582. The molecule has 0 atom stereocenters. The third-order valence-electron chi connectivity index (χ3n) is 2.23. The van der Waals surface area contributed by atoms with Crippen molar-refractivity contribution >= 4 is 0 Å². The quantitative estimate of drug-likeness (QED) is 0.567. The molecule has 3 heteroatoms. The second-order valence-electron chi connectivity index (χ2n) is 3.13. The van der Waals surface area contributed by atoms with Crippen LogP contribution in [0.3, 0.4) is 0 Å². The Bertz CT molecular complexity index is 154. The van der Waals surface area contributed by atoms with Gasteiger partial charge in [0.2, 0.25) is 0 Å². The Morgan fingerprint density at radius 1 is 1.17 bits per heavy atom. The van der Waals surface area contributed by atoms with E-state index in [1.165, 1.54) is 0 Å². The highest BCUT2D eigenvalue weighted by atomic mass is 15.3. The van der Waals surface area contributed by atoms with E-state index in [1.807, 2.05) is 0 Å². The molecule has 0 aromatic carbocycles. The molecule has 67 valence electrons. The zero-order valence-corrected chi connectivity index (χ0v) is 7.50. The molecule has 1 rings (SSSR count). The monoisotopic (exact) mass is 166 g/mol. The summed E-state index contributed by atoms with van der Waals surface area (Å²) in [6.45, 7) is 9.77. The van der Waals surface area contributed by atoms with Crippen LogP contribution in [0.1, 0.15) is 6.42 Å². The average molecular weight is 166 g/mol. The highest BCUT2D eigenvalue weighted by Crippen LogP contribution is 2.00. The fourth-order valence-electron chi connectivity index (χ4n) is 1.49. The molecule has 12 heavy (non-hydrogen) atoms. The van der Waals surface area contributed by atoms with Crippen LogP contribution in [0.15, 0.2) is 0 Å². The first-order valence-electron chi connectivity index (χ1n) is 4.47. The van der Waals surface area contributed by atoms with Crippen molar-refractivity contribution in [1.29, 1.82) is 5.26 Å². The van der Waals surface area contributed by atoms with Gasteiger partial charge in [-0.05, 0) is 13.0 Å². The Balaban J connectivity index is 2.16. The van der Waals surface area contributed by atoms with Crippen molar-refractivity contribution in [2.24, 2.45) is 0 Å². The predicted molar refractivity (Wildman–Crippen MR) is 48.5 cm³/mol. The van der Waals surface area contributed by atoms with Gasteiger partial charge in [-0.15, -0.1) is 0 Å². The Morgan fingerprint density at radius 3 is 2.25 bits per heavy atom. The summed E-state index contributed by atoms with van der Waals surface area (Å²) in [6.07, 6.45) is 0.984. The number of nitriles is 1. The van der Waals surface area contributed by atoms with Crippen LogP contribution in [0.25, 0.3) is 0 Å². The standard InChI is InChI=1S/C9H16N3/c1-2-4-11-6-8-12(5-3-10)9-7-11/h1-2,4-9H2. The third-order valence-corrected chi connectivity index (χ3v) is 2.23. The fraction of sp³-hybridized carbons (Fsp3) is 0.778. The van der Waals surface area contributed by atoms with Gasteiger partial charge in [0.15, 0.2) is 0 Å². The molecule has 3 nitrogen and oxygen atoms in total. The Hall–Kier alpha value is -0.590. The first-order valence-corrected chi connectivity index (χ1v) is 4.47. The minimum absolute atomic E-state index is 0.582. The maximum Gasteiger partial charge on any atom is 0.0866 e. The van der Waals surface area contributed by atoms with E-state index < -0.39 is 0 Å². The van der Waals surface area contributed by atoms with Crippen molar-refractivity contribution in [2.45, 2.75) is 6.42 Å². The number of rotatable bonds is 3. The summed E-state index contributed by atoms with van der Waals surface area (Å²) in [6, 6.07) is 2.18. The Kier molecular flexibility index (Phi) is 4.06. The molecule has 0 aromatic heterocycles. The van der Waals surface area contributed by atoms with Crippen molar-refractivity contribution in [3.8, 4) is 6.07 Å². The van der Waals surface area contributed by atoms with Crippen LogP contribution in [0.4, 0.5) is 0 Å². The van der Waals surface area contributed by atoms with Crippen molar-refractivity contribution in [3.05, 3.63) is 6.92 Å². The normalized spacial score (nSPS) is 20.7. The maximum absolute atomic E-state index is 8.47. The molecule has 1 saturated heterocycles. The third kappa shape index (κ3) is 2.80. The van der Waals surface area contributed by atoms with Crippen LogP contribution in [-0.4, -0.2) is 49.1 Å². The topological polar surface area (TPSA) is 30.3 Å². The summed E-state index contributed by atoms with van der Waals surface area (Å²) in [7, 11) is 0. The molecule has 0 unspecified atom stereocenters. The van der Waals surface area contributed by atoms with Crippen molar-refractivity contribution in [3.63, 3.8) is 0 Å². The van der Waals surface area contributed by atoms with E-state index in [9.17, 15) is 0 Å². The molecular formula is C9H16N3. The number of hydrogen-bond donors (Lipinski definition) is 0. The molecule has 1 fully saturated rings. The SMILES string of the molecule is [CH2]CCN1CCN(CC#N)CC1. The van der Waals surface area contributed by atoms with Crippen LogP contribution in [0.5, 0.6) is 0 Å². The maximum atomic E-state index is 8.47. The van der Waals surface area contributed by atoms with Gasteiger partial charge in [-0.2, -0.15) is 5.26 Å². The fourth-order valence-corrected chi connectivity index (χ4v) is 1.49. The number of hydrogen-bond acceptors (Lipinski definition) is 3. The highest BCUT2D eigenvalue weighted by molar-refractivity contribution is 4.80. The largest absolute Gasteiger partial charge is 0.301 e. The second kappa shape index (κ2) is 5.13. The van der Waals surface area contributed by atoms with Crippen molar-refractivity contribution < 1.29 is 0 Å². The second-order valence-corrected chi connectivity index (χ2v) is 3.13. The molecule has 0 amide bonds. The molecule has 0 bridgehead atoms. The Labute approximate surface area is 74.6 Å². The lowest BCUT2D eigenvalue weighted by molar-refractivity contribution is 0.145. The first-order chi connectivity index (χ1) is 5.86. The van der Waals surface area contributed by atoms with Crippen LogP contribution in [0, 0.1) is 18.3 Å². The van der Waals surface area contributed by atoms with E-state index in [1.54, 1.807) is 0 Å². The van der Waals surface area contributed by atoms with Gasteiger partial charge >= 0.3 is 0 Å². The van der Waals surface area contributed by atoms with Gasteiger partial charge < -0.3 is 4.90 Å².